The molecule has 140 valence electrons. The van der Waals surface area contributed by atoms with Crippen molar-refractivity contribution in [1.29, 1.82) is 5.26 Å². The van der Waals surface area contributed by atoms with E-state index >= 15 is 0 Å². The molecule has 1 aromatic heterocycles. The van der Waals surface area contributed by atoms with E-state index in [1.165, 1.54) is 17.4 Å². The number of hydrogen-bond donors (Lipinski definition) is 1. The van der Waals surface area contributed by atoms with Crippen LogP contribution in [0.2, 0.25) is 0 Å². The third-order valence-electron chi connectivity index (χ3n) is 3.90. The van der Waals surface area contributed by atoms with Crippen molar-refractivity contribution in [2.24, 2.45) is 0 Å². The monoisotopic (exact) mass is 384 g/mol. The van der Waals surface area contributed by atoms with Gasteiger partial charge >= 0.3 is 0 Å². The number of benzene rings is 1. The van der Waals surface area contributed by atoms with Gasteiger partial charge in [0.15, 0.2) is 0 Å². The van der Waals surface area contributed by atoms with Crippen molar-refractivity contribution >= 4 is 28.5 Å². The van der Waals surface area contributed by atoms with Gasteiger partial charge in [0.05, 0.1) is 6.61 Å². The first-order valence-corrected chi connectivity index (χ1v) is 9.62. The van der Waals surface area contributed by atoms with E-state index in [-0.39, 0.29) is 11.7 Å². The Hall–Kier alpha value is -2.76. The fraction of sp³-hybridized carbons (Fsp3) is 0.368. The van der Waals surface area contributed by atoms with Crippen LogP contribution in [0.3, 0.4) is 0 Å². The van der Waals surface area contributed by atoms with Gasteiger partial charge in [-0.05, 0) is 43.0 Å². The van der Waals surface area contributed by atoms with Crippen LogP contribution in [0.4, 0.5) is 5.13 Å². The molecule has 0 unspecified atom stereocenters. The Kier molecular flexibility index (Phi) is 6.52. The van der Waals surface area contributed by atoms with Crippen LogP contribution in [0.5, 0.6) is 5.75 Å². The van der Waals surface area contributed by atoms with E-state index in [4.69, 9.17) is 9.47 Å². The summed E-state index contributed by atoms with van der Waals surface area (Å²) >= 11 is 1.27. The van der Waals surface area contributed by atoms with Crippen molar-refractivity contribution in [2.75, 3.05) is 18.5 Å². The molecule has 0 spiro atoms. The molecule has 8 heteroatoms. The third kappa shape index (κ3) is 5.12. The lowest BCUT2D eigenvalue weighted by molar-refractivity contribution is -0.112. The molecule has 2 heterocycles. The summed E-state index contributed by atoms with van der Waals surface area (Å²) in [5, 5.41) is 21.1. The van der Waals surface area contributed by atoms with E-state index < -0.39 is 5.91 Å². The fourth-order valence-corrected chi connectivity index (χ4v) is 3.37. The van der Waals surface area contributed by atoms with Gasteiger partial charge in [-0.1, -0.05) is 30.4 Å². The highest BCUT2D eigenvalue weighted by Gasteiger charge is 2.22. The number of aromatic nitrogens is 2. The first kappa shape index (κ1) is 19.0. The SMILES string of the molecule is CCCOc1ccc(/C=C(\C#N)C(=O)Nc2nnc([C@@H]3CCCO3)s2)cc1. The van der Waals surface area contributed by atoms with Crippen molar-refractivity contribution in [3.63, 3.8) is 0 Å². The zero-order chi connectivity index (χ0) is 19.1. The molecule has 1 fully saturated rings. The van der Waals surface area contributed by atoms with Gasteiger partial charge in [-0.2, -0.15) is 5.26 Å². The molecule has 1 amide bonds. The second kappa shape index (κ2) is 9.26. The summed E-state index contributed by atoms with van der Waals surface area (Å²) in [6, 6.07) is 9.16. The normalized spacial score (nSPS) is 16.7. The summed E-state index contributed by atoms with van der Waals surface area (Å²) in [5.74, 6) is 0.242. The highest BCUT2D eigenvalue weighted by Crippen LogP contribution is 2.32. The maximum absolute atomic E-state index is 12.4. The van der Waals surface area contributed by atoms with Crippen LogP contribution in [0.25, 0.3) is 6.08 Å². The van der Waals surface area contributed by atoms with Crippen molar-refractivity contribution in [3.8, 4) is 11.8 Å². The van der Waals surface area contributed by atoms with Crippen molar-refractivity contribution < 1.29 is 14.3 Å². The Morgan fingerprint density at radius 2 is 2.26 bits per heavy atom. The quantitative estimate of drug-likeness (QED) is 0.577. The molecule has 1 aromatic carbocycles. The van der Waals surface area contributed by atoms with Crippen LogP contribution in [0.1, 0.15) is 42.9 Å². The number of hydrogen-bond acceptors (Lipinski definition) is 7. The van der Waals surface area contributed by atoms with Crippen LogP contribution >= 0.6 is 11.3 Å². The van der Waals surface area contributed by atoms with E-state index in [9.17, 15) is 10.1 Å². The Bertz CT molecular complexity index is 849. The van der Waals surface area contributed by atoms with Crippen LogP contribution in [-0.2, 0) is 9.53 Å². The lowest BCUT2D eigenvalue weighted by Gasteiger charge is -2.04. The molecule has 1 N–H and O–H groups in total. The van der Waals surface area contributed by atoms with Crippen molar-refractivity contribution in [3.05, 3.63) is 40.4 Å². The average Bonchev–Trinajstić information content (AvgIpc) is 3.37. The van der Waals surface area contributed by atoms with Gasteiger partial charge in [-0.25, -0.2) is 0 Å². The molecule has 3 rings (SSSR count). The average molecular weight is 384 g/mol. The second-order valence-corrected chi connectivity index (χ2v) is 7.00. The molecule has 1 aliphatic rings. The van der Waals surface area contributed by atoms with E-state index in [1.807, 2.05) is 25.1 Å². The van der Waals surface area contributed by atoms with E-state index in [2.05, 4.69) is 15.5 Å². The molecule has 27 heavy (non-hydrogen) atoms. The Morgan fingerprint density at radius 3 is 2.93 bits per heavy atom. The Morgan fingerprint density at radius 1 is 1.44 bits per heavy atom. The van der Waals surface area contributed by atoms with Gasteiger partial charge in [0.25, 0.3) is 5.91 Å². The zero-order valence-electron chi connectivity index (χ0n) is 15.0. The zero-order valence-corrected chi connectivity index (χ0v) is 15.8. The second-order valence-electron chi connectivity index (χ2n) is 5.99. The molecular weight excluding hydrogens is 364 g/mol. The summed E-state index contributed by atoms with van der Waals surface area (Å²) < 4.78 is 11.1. The molecule has 7 nitrogen and oxygen atoms in total. The van der Waals surface area contributed by atoms with Gasteiger partial charge in [0, 0.05) is 6.61 Å². The largest absolute Gasteiger partial charge is 0.494 e. The van der Waals surface area contributed by atoms with Gasteiger partial charge in [0.1, 0.15) is 28.5 Å². The maximum Gasteiger partial charge on any atom is 0.268 e. The van der Waals surface area contributed by atoms with Crippen LogP contribution < -0.4 is 10.1 Å². The minimum atomic E-state index is -0.515. The number of carbonyl (C=O) groups is 1. The molecule has 1 atom stereocenters. The first-order valence-electron chi connectivity index (χ1n) is 8.80. The Labute approximate surface area is 161 Å². The minimum Gasteiger partial charge on any atom is -0.494 e. The smallest absolute Gasteiger partial charge is 0.268 e. The van der Waals surface area contributed by atoms with Gasteiger partial charge in [0.2, 0.25) is 5.13 Å². The fourth-order valence-electron chi connectivity index (χ4n) is 2.55. The summed E-state index contributed by atoms with van der Waals surface area (Å²) in [7, 11) is 0. The molecule has 0 radical (unpaired) electrons. The van der Waals surface area contributed by atoms with E-state index in [0.29, 0.717) is 11.7 Å². The molecule has 1 saturated heterocycles. The lowest BCUT2D eigenvalue weighted by atomic mass is 10.1. The number of nitrogens with one attached hydrogen (secondary N) is 1. The van der Waals surface area contributed by atoms with E-state index in [0.717, 1.165) is 42.2 Å². The number of carbonyl (C=O) groups excluding carboxylic acids is 1. The minimum absolute atomic E-state index is 0.00825. The summed E-state index contributed by atoms with van der Waals surface area (Å²) in [5.41, 5.74) is 0.731. The molecule has 1 aliphatic heterocycles. The van der Waals surface area contributed by atoms with Gasteiger partial charge < -0.3 is 9.47 Å². The summed E-state index contributed by atoms with van der Waals surface area (Å²) in [6.45, 7) is 3.41. The predicted octanol–water partition coefficient (Wildman–Crippen LogP) is 3.72. The number of ether oxygens (including phenoxy) is 2. The van der Waals surface area contributed by atoms with Gasteiger partial charge in [-0.3, -0.25) is 10.1 Å². The highest BCUT2D eigenvalue weighted by molar-refractivity contribution is 7.15. The van der Waals surface area contributed by atoms with Crippen LogP contribution in [0, 0.1) is 11.3 Å². The highest BCUT2D eigenvalue weighted by atomic mass is 32.1. The van der Waals surface area contributed by atoms with Crippen LogP contribution in [0.15, 0.2) is 29.8 Å². The topological polar surface area (TPSA) is 97.1 Å². The molecule has 0 saturated carbocycles. The summed E-state index contributed by atoms with van der Waals surface area (Å²) in [6.07, 6.45) is 4.31. The maximum atomic E-state index is 12.4. The van der Waals surface area contributed by atoms with Crippen molar-refractivity contribution in [1.82, 2.24) is 10.2 Å². The van der Waals surface area contributed by atoms with Crippen molar-refractivity contribution in [2.45, 2.75) is 32.3 Å². The number of amides is 1. The number of anilines is 1. The van der Waals surface area contributed by atoms with Crippen LogP contribution in [-0.4, -0.2) is 29.3 Å². The molecule has 0 aliphatic carbocycles. The first-order chi connectivity index (χ1) is 13.2. The summed E-state index contributed by atoms with van der Waals surface area (Å²) in [4.78, 5) is 12.4. The van der Waals surface area contributed by atoms with Gasteiger partial charge in [-0.15, -0.1) is 10.2 Å². The third-order valence-corrected chi connectivity index (χ3v) is 4.83. The Balaban J connectivity index is 1.65. The lowest BCUT2D eigenvalue weighted by Crippen LogP contribution is -2.13. The standard InChI is InChI=1S/C19H20N4O3S/c1-2-9-25-15-7-5-13(6-8-15)11-14(12-20)17(24)21-19-23-22-18(27-19)16-4-3-10-26-16/h5-8,11,16H,2-4,9-10H2,1H3,(H,21,23,24)/b14-11+/t16-/m0/s1. The predicted molar refractivity (Wildman–Crippen MR) is 102 cm³/mol. The number of rotatable bonds is 7. The molecular formula is C19H20N4O3S. The number of nitriles is 1. The molecule has 0 bridgehead atoms. The van der Waals surface area contributed by atoms with E-state index in [1.54, 1.807) is 12.1 Å². The molecule has 2 aromatic rings. The number of nitrogens with zero attached hydrogens (tertiary/aromatic N) is 3.